The average molecular weight is 271 g/mol. The highest BCUT2D eigenvalue weighted by atomic mass is 35.5. The Hall–Kier alpha value is -1.27. The van der Waals surface area contributed by atoms with E-state index < -0.39 is 17.6 Å². The van der Waals surface area contributed by atoms with Crippen LogP contribution < -0.4 is 4.90 Å². The number of rotatable bonds is 0. The molecule has 1 unspecified atom stereocenters. The van der Waals surface area contributed by atoms with Crippen molar-refractivity contribution in [2.24, 2.45) is 0 Å². The lowest BCUT2D eigenvalue weighted by Gasteiger charge is -2.36. The van der Waals surface area contributed by atoms with Gasteiger partial charge in [-0.05, 0) is 19.1 Å². The molecule has 1 amide bonds. The van der Waals surface area contributed by atoms with Gasteiger partial charge >= 0.3 is 11.9 Å². The summed E-state index contributed by atoms with van der Waals surface area (Å²) in [6, 6.07) is 3.26. The summed E-state index contributed by atoms with van der Waals surface area (Å²) in [5.74, 6) is -1.03. The van der Waals surface area contributed by atoms with Crippen molar-refractivity contribution in [3.8, 4) is 0 Å². The van der Waals surface area contributed by atoms with E-state index in [9.17, 15) is 9.59 Å². The zero-order valence-electron chi connectivity index (χ0n) is 8.77. The second kappa shape index (κ2) is 3.36. The minimum Gasteiger partial charge on any atom is -0.431 e. The molecule has 17 heavy (non-hydrogen) atoms. The molecular formula is C10H7ClN2O3S. The van der Waals surface area contributed by atoms with Crippen LogP contribution in [0.1, 0.15) is 6.92 Å². The van der Waals surface area contributed by atoms with E-state index in [4.69, 9.17) is 16.3 Å². The summed E-state index contributed by atoms with van der Waals surface area (Å²) >= 11 is 7.21. The number of amides is 1. The Morgan fingerprint density at radius 2 is 2.29 bits per heavy atom. The molecule has 3 heterocycles. The third kappa shape index (κ3) is 1.44. The number of thioether (sulfide) groups is 1. The number of anilines is 1. The number of carbonyl (C=O) groups excluding carboxylic acids is 2. The number of hydrogen-bond acceptors (Lipinski definition) is 5. The molecular weight excluding hydrogens is 264 g/mol. The second-order valence-electron chi connectivity index (χ2n) is 3.95. The van der Waals surface area contributed by atoms with Gasteiger partial charge in [-0.1, -0.05) is 23.4 Å². The third-order valence-corrected chi connectivity index (χ3v) is 4.15. The van der Waals surface area contributed by atoms with Gasteiger partial charge < -0.3 is 4.74 Å². The van der Waals surface area contributed by atoms with Crippen LogP contribution in [0.15, 0.2) is 17.2 Å². The molecule has 5 nitrogen and oxygen atoms in total. The second-order valence-corrected chi connectivity index (χ2v) is 5.30. The van der Waals surface area contributed by atoms with Gasteiger partial charge in [0.1, 0.15) is 10.2 Å². The molecule has 0 aromatic carbocycles. The standard InChI is InChI=1S/C10H7ClN2O3S/c1-10-4-17-7-5(2-3-6(11)12-7)13(10)8(14)9(15)16-10/h2-3H,4H2,1H3. The minimum atomic E-state index is -0.915. The first-order valence-corrected chi connectivity index (χ1v) is 6.24. The van der Waals surface area contributed by atoms with Crippen LogP contribution in [0.4, 0.5) is 5.69 Å². The molecule has 88 valence electrons. The summed E-state index contributed by atoms with van der Waals surface area (Å²) in [5.41, 5.74) is -0.342. The quantitative estimate of drug-likeness (QED) is 0.406. The zero-order valence-corrected chi connectivity index (χ0v) is 10.3. The molecule has 2 aliphatic heterocycles. The Balaban J connectivity index is 2.17. The van der Waals surface area contributed by atoms with Gasteiger partial charge in [0, 0.05) is 0 Å². The Bertz CT molecular complexity index is 550. The van der Waals surface area contributed by atoms with Crippen LogP contribution in [0.2, 0.25) is 5.15 Å². The summed E-state index contributed by atoms with van der Waals surface area (Å²) < 4.78 is 5.11. The Morgan fingerprint density at radius 3 is 3.06 bits per heavy atom. The smallest absolute Gasteiger partial charge is 0.399 e. The maximum atomic E-state index is 11.8. The van der Waals surface area contributed by atoms with Crippen LogP contribution >= 0.6 is 23.4 Å². The molecule has 0 aliphatic carbocycles. The van der Waals surface area contributed by atoms with Crippen molar-refractivity contribution in [3.63, 3.8) is 0 Å². The van der Waals surface area contributed by atoms with Crippen molar-refractivity contribution in [1.82, 2.24) is 4.98 Å². The van der Waals surface area contributed by atoms with Gasteiger partial charge in [-0.2, -0.15) is 0 Å². The van der Waals surface area contributed by atoms with E-state index in [0.717, 1.165) is 0 Å². The molecule has 1 fully saturated rings. The van der Waals surface area contributed by atoms with E-state index >= 15 is 0 Å². The van der Waals surface area contributed by atoms with Crippen molar-refractivity contribution >= 4 is 40.9 Å². The van der Waals surface area contributed by atoms with Crippen LogP contribution in [-0.4, -0.2) is 28.3 Å². The molecule has 0 spiro atoms. The summed E-state index contributed by atoms with van der Waals surface area (Å²) in [6.45, 7) is 1.71. The number of esters is 1. The highest BCUT2D eigenvalue weighted by Gasteiger charge is 2.53. The number of pyridine rings is 1. The number of carbonyl (C=O) groups is 2. The maximum absolute atomic E-state index is 11.8. The number of aromatic nitrogens is 1. The maximum Gasteiger partial charge on any atom is 0.399 e. The monoisotopic (exact) mass is 270 g/mol. The number of ether oxygens (including phenoxy) is 1. The van der Waals surface area contributed by atoms with E-state index in [1.807, 2.05) is 0 Å². The Morgan fingerprint density at radius 1 is 1.53 bits per heavy atom. The van der Waals surface area contributed by atoms with Crippen LogP contribution in [0.25, 0.3) is 0 Å². The van der Waals surface area contributed by atoms with E-state index in [2.05, 4.69) is 4.98 Å². The molecule has 2 aliphatic rings. The Kier molecular flexibility index (Phi) is 2.15. The molecule has 1 atom stereocenters. The van der Waals surface area contributed by atoms with Crippen molar-refractivity contribution in [2.45, 2.75) is 17.7 Å². The van der Waals surface area contributed by atoms with Crippen LogP contribution in [0, 0.1) is 0 Å². The fourth-order valence-corrected chi connectivity index (χ4v) is 3.20. The molecule has 7 heteroatoms. The number of fused-ring (bicyclic) bond motifs is 3. The van der Waals surface area contributed by atoms with Gasteiger partial charge in [0.15, 0.2) is 5.72 Å². The largest absolute Gasteiger partial charge is 0.431 e. The number of hydrogen-bond donors (Lipinski definition) is 0. The summed E-state index contributed by atoms with van der Waals surface area (Å²) in [5, 5.41) is 1.00. The Labute approximate surface area is 106 Å². The van der Waals surface area contributed by atoms with E-state index in [0.29, 0.717) is 21.6 Å². The average Bonchev–Trinajstić information content (AvgIpc) is 2.50. The fraction of sp³-hybridized carbons (Fsp3) is 0.300. The van der Waals surface area contributed by atoms with Crippen molar-refractivity contribution in [2.75, 3.05) is 10.7 Å². The normalized spacial score (nSPS) is 26.6. The third-order valence-electron chi connectivity index (χ3n) is 2.69. The number of halogens is 1. The molecule has 0 saturated carbocycles. The lowest BCUT2D eigenvalue weighted by molar-refractivity contribution is -0.151. The van der Waals surface area contributed by atoms with Crippen molar-refractivity contribution in [3.05, 3.63) is 17.3 Å². The predicted octanol–water partition coefficient (Wildman–Crippen LogP) is 1.45. The molecule has 0 N–H and O–H groups in total. The van der Waals surface area contributed by atoms with Crippen LogP contribution in [-0.2, 0) is 14.3 Å². The van der Waals surface area contributed by atoms with Gasteiger partial charge in [0.25, 0.3) is 0 Å². The topological polar surface area (TPSA) is 59.5 Å². The van der Waals surface area contributed by atoms with Gasteiger partial charge in [-0.3, -0.25) is 9.69 Å². The van der Waals surface area contributed by atoms with Crippen LogP contribution in [0.5, 0.6) is 0 Å². The molecule has 1 aromatic rings. The van der Waals surface area contributed by atoms with E-state index in [1.165, 1.54) is 16.7 Å². The summed E-state index contributed by atoms with van der Waals surface area (Å²) in [6.07, 6.45) is 0. The molecule has 0 bridgehead atoms. The zero-order chi connectivity index (χ0) is 12.2. The highest BCUT2D eigenvalue weighted by molar-refractivity contribution is 7.99. The van der Waals surface area contributed by atoms with E-state index in [1.54, 1.807) is 19.1 Å². The van der Waals surface area contributed by atoms with Gasteiger partial charge in [0.05, 0.1) is 11.4 Å². The van der Waals surface area contributed by atoms with Crippen molar-refractivity contribution in [1.29, 1.82) is 0 Å². The minimum absolute atomic E-state index is 0.360. The molecule has 1 saturated heterocycles. The predicted molar refractivity (Wildman–Crippen MR) is 62.0 cm³/mol. The highest BCUT2D eigenvalue weighted by Crippen LogP contribution is 2.44. The first kappa shape index (κ1) is 10.9. The van der Waals surface area contributed by atoms with Crippen LogP contribution in [0.3, 0.4) is 0 Å². The number of nitrogens with zero attached hydrogens (tertiary/aromatic N) is 2. The van der Waals surface area contributed by atoms with Crippen molar-refractivity contribution < 1.29 is 14.3 Å². The summed E-state index contributed by atoms with van der Waals surface area (Å²) in [7, 11) is 0. The lowest BCUT2D eigenvalue weighted by Crippen LogP contribution is -2.48. The summed E-state index contributed by atoms with van der Waals surface area (Å²) in [4.78, 5) is 28.6. The first-order valence-electron chi connectivity index (χ1n) is 4.88. The molecule has 0 radical (unpaired) electrons. The van der Waals surface area contributed by atoms with Gasteiger partial charge in [0.2, 0.25) is 0 Å². The fourth-order valence-electron chi connectivity index (χ4n) is 1.94. The van der Waals surface area contributed by atoms with Gasteiger partial charge in [-0.15, -0.1) is 0 Å². The molecule has 3 rings (SSSR count). The first-order chi connectivity index (χ1) is 8.01. The lowest BCUT2D eigenvalue weighted by atomic mass is 10.2. The SMILES string of the molecule is CC12CSc3nc(Cl)ccc3N1C(=O)C(=O)O2. The molecule has 1 aromatic heterocycles. The van der Waals surface area contributed by atoms with Gasteiger partial charge in [-0.25, -0.2) is 9.78 Å². The van der Waals surface area contributed by atoms with E-state index in [-0.39, 0.29) is 0 Å².